The van der Waals surface area contributed by atoms with Crippen molar-refractivity contribution in [1.29, 1.82) is 0 Å². The van der Waals surface area contributed by atoms with E-state index >= 15 is 0 Å². The lowest BCUT2D eigenvalue weighted by Gasteiger charge is -2.27. The maximum absolute atomic E-state index is 9.93. The Hall–Kier alpha value is -0.120. The van der Waals surface area contributed by atoms with Crippen LogP contribution in [0.15, 0.2) is 0 Å². The first-order valence-corrected chi connectivity index (χ1v) is 6.84. The van der Waals surface area contributed by atoms with E-state index in [1.54, 1.807) is 0 Å². The molecule has 3 nitrogen and oxygen atoms in total. The highest BCUT2D eigenvalue weighted by molar-refractivity contribution is 4.74. The lowest BCUT2D eigenvalue weighted by Crippen LogP contribution is -2.32. The van der Waals surface area contributed by atoms with Gasteiger partial charge in [-0.3, -0.25) is 0 Å². The molecule has 1 unspecified atom stereocenters. The van der Waals surface area contributed by atoms with E-state index in [0.717, 1.165) is 38.6 Å². The molecule has 1 aliphatic carbocycles. The molecule has 1 N–H and O–H groups in total. The smallest absolute Gasteiger partial charge is 0.0600 e. The Kier molecular flexibility index (Phi) is 5.90. The average Bonchev–Trinajstić information content (AvgIpc) is 3.03. The molecule has 0 aromatic rings. The summed E-state index contributed by atoms with van der Waals surface area (Å²) in [6.07, 6.45) is 3.32. The molecule has 0 aliphatic heterocycles. The van der Waals surface area contributed by atoms with Gasteiger partial charge in [0, 0.05) is 19.7 Å². The minimum absolute atomic E-state index is 0.0106. The lowest BCUT2D eigenvalue weighted by molar-refractivity contribution is 0.0433. The van der Waals surface area contributed by atoms with Crippen LogP contribution < -0.4 is 0 Å². The predicted octanol–water partition coefficient (Wildman–Crippen LogP) is 2.14. The van der Waals surface area contributed by atoms with Gasteiger partial charge in [-0.05, 0) is 37.6 Å². The largest absolute Gasteiger partial charge is 0.393 e. The van der Waals surface area contributed by atoms with E-state index in [1.807, 2.05) is 0 Å². The van der Waals surface area contributed by atoms with Gasteiger partial charge < -0.3 is 14.7 Å². The number of likely N-dealkylation sites (N-methyl/N-ethyl adjacent to an activating group) is 1. The topological polar surface area (TPSA) is 32.7 Å². The van der Waals surface area contributed by atoms with Gasteiger partial charge in [0.25, 0.3) is 0 Å². The van der Waals surface area contributed by atoms with E-state index in [0.29, 0.717) is 0 Å². The van der Waals surface area contributed by atoms with Gasteiger partial charge in [0.2, 0.25) is 0 Å². The highest BCUT2D eigenvalue weighted by atomic mass is 16.5. The minimum atomic E-state index is -0.225. The van der Waals surface area contributed by atoms with Crippen LogP contribution in [-0.4, -0.2) is 49.5 Å². The molecule has 0 amide bonds. The Labute approximate surface area is 106 Å². The van der Waals surface area contributed by atoms with Crippen molar-refractivity contribution >= 4 is 0 Å². The van der Waals surface area contributed by atoms with E-state index in [1.165, 1.54) is 12.8 Å². The van der Waals surface area contributed by atoms with Crippen molar-refractivity contribution in [2.45, 2.75) is 46.1 Å². The third-order valence-electron chi connectivity index (χ3n) is 3.45. The van der Waals surface area contributed by atoms with Gasteiger partial charge in [0.05, 0.1) is 12.7 Å². The van der Waals surface area contributed by atoms with Gasteiger partial charge in [0.15, 0.2) is 0 Å². The Bertz CT molecular complexity index is 209. The highest BCUT2D eigenvalue weighted by Crippen LogP contribution is 2.28. The van der Waals surface area contributed by atoms with Crippen LogP contribution in [0, 0.1) is 11.3 Å². The van der Waals surface area contributed by atoms with Gasteiger partial charge in [-0.25, -0.2) is 0 Å². The van der Waals surface area contributed by atoms with Crippen LogP contribution >= 0.6 is 0 Å². The highest BCUT2D eigenvalue weighted by Gasteiger charge is 2.22. The van der Waals surface area contributed by atoms with Crippen LogP contribution in [0.3, 0.4) is 0 Å². The van der Waals surface area contributed by atoms with Crippen molar-refractivity contribution in [3.8, 4) is 0 Å². The van der Waals surface area contributed by atoms with Crippen LogP contribution in [0.2, 0.25) is 0 Å². The third-order valence-corrected chi connectivity index (χ3v) is 3.45. The lowest BCUT2D eigenvalue weighted by atomic mass is 9.87. The molecule has 0 aromatic carbocycles. The van der Waals surface area contributed by atoms with Crippen molar-refractivity contribution < 1.29 is 9.84 Å². The van der Waals surface area contributed by atoms with Gasteiger partial charge in [0.1, 0.15) is 0 Å². The normalized spacial score (nSPS) is 18.7. The summed E-state index contributed by atoms with van der Waals surface area (Å²) in [6, 6.07) is 0. The molecule has 0 saturated heterocycles. The number of aliphatic hydroxyl groups is 1. The van der Waals surface area contributed by atoms with Gasteiger partial charge in [-0.2, -0.15) is 0 Å². The number of nitrogens with zero attached hydrogens (tertiary/aromatic N) is 1. The maximum atomic E-state index is 9.93. The van der Waals surface area contributed by atoms with Crippen molar-refractivity contribution in [3.63, 3.8) is 0 Å². The monoisotopic (exact) mass is 243 g/mol. The molecule has 0 spiro atoms. The number of aliphatic hydroxyl groups excluding tert-OH is 1. The van der Waals surface area contributed by atoms with E-state index in [4.69, 9.17) is 4.74 Å². The summed E-state index contributed by atoms with van der Waals surface area (Å²) < 4.78 is 5.60. The molecule has 0 bridgehead atoms. The first kappa shape index (κ1) is 14.9. The number of rotatable bonds is 8. The molecule has 0 aromatic heterocycles. The van der Waals surface area contributed by atoms with E-state index in [-0.39, 0.29) is 11.5 Å². The van der Waals surface area contributed by atoms with E-state index in [9.17, 15) is 5.11 Å². The summed E-state index contributed by atoms with van der Waals surface area (Å²) in [4.78, 5) is 2.24. The first-order chi connectivity index (χ1) is 7.89. The number of hydrogen-bond donors (Lipinski definition) is 1. The number of hydrogen-bond acceptors (Lipinski definition) is 3. The predicted molar refractivity (Wildman–Crippen MR) is 71.1 cm³/mol. The molecule has 17 heavy (non-hydrogen) atoms. The van der Waals surface area contributed by atoms with Crippen LogP contribution in [0.4, 0.5) is 0 Å². The summed E-state index contributed by atoms with van der Waals surface area (Å²) in [5.74, 6) is 0.850. The second-order valence-electron chi connectivity index (χ2n) is 6.49. The summed E-state index contributed by atoms with van der Waals surface area (Å²) in [5, 5.41) is 9.93. The molecule has 1 atom stereocenters. The van der Waals surface area contributed by atoms with Crippen LogP contribution in [0.1, 0.15) is 40.0 Å². The maximum Gasteiger partial charge on any atom is 0.0600 e. The molecule has 1 rings (SSSR count). The fourth-order valence-corrected chi connectivity index (χ4v) is 1.64. The zero-order valence-electron chi connectivity index (χ0n) is 11.9. The van der Waals surface area contributed by atoms with Crippen molar-refractivity contribution in [1.82, 2.24) is 4.90 Å². The second kappa shape index (κ2) is 6.72. The van der Waals surface area contributed by atoms with Gasteiger partial charge >= 0.3 is 0 Å². The van der Waals surface area contributed by atoms with E-state index < -0.39 is 0 Å². The summed E-state index contributed by atoms with van der Waals surface area (Å²) in [5.41, 5.74) is -0.0106. The fourth-order valence-electron chi connectivity index (χ4n) is 1.64. The molecule has 1 aliphatic rings. The van der Waals surface area contributed by atoms with Gasteiger partial charge in [-0.1, -0.05) is 20.8 Å². The fraction of sp³-hybridized carbons (Fsp3) is 1.00. The third kappa shape index (κ3) is 7.02. The van der Waals surface area contributed by atoms with Crippen LogP contribution in [0.5, 0.6) is 0 Å². The Morgan fingerprint density at radius 1 is 1.29 bits per heavy atom. The molecule has 1 saturated carbocycles. The molecule has 3 heteroatoms. The Morgan fingerprint density at radius 2 is 1.94 bits per heavy atom. The van der Waals surface area contributed by atoms with Crippen LogP contribution in [-0.2, 0) is 4.74 Å². The van der Waals surface area contributed by atoms with Gasteiger partial charge in [-0.15, -0.1) is 0 Å². The standard InChI is InChI=1S/C14H29NO2/c1-14(2,3)13(16)7-8-15(4)9-10-17-11-12-5-6-12/h12-13,16H,5-11H2,1-4H3. The van der Waals surface area contributed by atoms with Crippen molar-refractivity contribution in [2.24, 2.45) is 11.3 Å². The first-order valence-electron chi connectivity index (χ1n) is 6.84. The quantitative estimate of drug-likeness (QED) is 0.663. The molecular weight excluding hydrogens is 214 g/mol. The minimum Gasteiger partial charge on any atom is -0.393 e. The molecule has 0 heterocycles. The summed E-state index contributed by atoms with van der Waals surface area (Å²) >= 11 is 0. The van der Waals surface area contributed by atoms with Crippen LogP contribution in [0.25, 0.3) is 0 Å². The molecule has 0 radical (unpaired) electrons. The summed E-state index contributed by atoms with van der Waals surface area (Å²) in [7, 11) is 2.09. The number of ether oxygens (including phenoxy) is 1. The zero-order chi connectivity index (χ0) is 12.9. The van der Waals surface area contributed by atoms with E-state index in [2.05, 4.69) is 32.7 Å². The Balaban J connectivity index is 1.97. The molecule has 1 fully saturated rings. The Morgan fingerprint density at radius 3 is 2.47 bits per heavy atom. The summed E-state index contributed by atoms with van der Waals surface area (Å²) in [6.45, 7) is 9.90. The molecular formula is C14H29NO2. The van der Waals surface area contributed by atoms with Crippen molar-refractivity contribution in [3.05, 3.63) is 0 Å². The average molecular weight is 243 g/mol. The second-order valence-corrected chi connectivity index (χ2v) is 6.49. The zero-order valence-corrected chi connectivity index (χ0v) is 11.9. The van der Waals surface area contributed by atoms with Crippen molar-refractivity contribution in [2.75, 3.05) is 33.4 Å². The molecule has 102 valence electrons. The SMILES string of the molecule is CN(CCOCC1CC1)CCC(O)C(C)(C)C.